The maximum atomic E-state index is 12.3. The van der Waals surface area contributed by atoms with E-state index in [1.807, 2.05) is 0 Å². The summed E-state index contributed by atoms with van der Waals surface area (Å²) < 4.78 is 5.12. The highest BCUT2D eigenvalue weighted by molar-refractivity contribution is 5.95. The fourth-order valence-electron chi connectivity index (χ4n) is 3.37. The number of rotatable bonds is 3. The summed E-state index contributed by atoms with van der Waals surface area (Å²) in [4.78, 5) is 39.0. The van der Waals surface area contributed by atoms with E-state index in [2.05, 4.69) is 5.32 Å². The lowest BCUT2D eigenvalue weighted by atomic mass is 9.85. The maximum absolute atomic E-state index is 12.3. The van der Waals surface area contributed by atoms with Gasteiger partial charge in [0.25, 0.3) is 5.91 Å². The van der Waals surface area contributed by atoms with Crippen molar-refractivity contribution in [3.05, 3.63) is 29.8 Å². The van der Waals surface area contributed by atoms with Gasteiger partial charge in [-0.15, -0.1) is 0 Å². The van der Waals surface area contributed by atoms with Crippen LogP contribution < -0.4 is 21.7 Å². The summed E-state index contributed by atoms with van der Waals surface area (Å²) in [6.45, 7) is 1.97. The zero-order valence-electron chi connectivity index (χ0n) is 13.7. The van der Waals surface area contributed by atoms with Crippen LogP contribution in [0.4, 0.5) is 10.5 Å². The predicted octanol–water partition coefficient (Wildman–Crippen LogP) is -1.29. The van der Waals surface area contributed by atoms with Gasteiger partial charge in [-0.1, -0.05) is 12.1 Å². The van der Waals surface area contributed by atoms with Crippen LogP contribution >= 0.6 is 0 Å². The third-order valence-electron chi connectivity index (χ3n) is 4.67. The fraction of sp³-hybridized carbons (Fsp3) is 0.438. The van der Waals surface area contributed by atoms with Crippen molar-refractivity contribution in [2.45, 2.75) is 5.54 Å². The minimum atomic E-state index is -1.35. The van der Waals surface area contributed by atoms with Gasteiger partial charge in [0, 0.05) is 31.9 Å². The number of urea groups is 1. The molecule has 2 saturated heterocycles. The second kappa shape index (κ2) is 6.69. The van der Waals surface area contributed by atoms with Crippen LogP contribution in [0.3, 0.4) is 0 Å². The predicted molar refractivity (Wildman–Crippen MR) is 89.6 cm³/mol. The molecule has 2 aliphatic rings. The highest BCUT2D eigenvalue weighted by Gasteiger charge is 2.47. The van der Waals surface area contributed by atoms with Gasteiger partial charge in [-0.3, -0.25) is 9.59 Å². The number of amides is 4. The largest absolute Gasteiger partial charge is 0.370 e. The summed E-state index contributed by atoms with van der Waals surface area (Å²) in [5, 5.41) is 3.09. The molecule has 2 fully saturated rings. The van der Waals surface area contributed by atoms with Crippen molar-refractivity contribution in [1.82, 2.24) is 10.2 Å². The van der Waals surface area contributed by atoms with Crippen LogP contribution in [-0.2, 0) is 19.9 Å². The second-order valence-corrected chi connectivity index (χ2v) is 6.04. The van der Waals surface area contributed by atoms with E-state index in [1.165, 1.54) is 4.90 Å². The summed E-state index contributed by atoms with van der Waals surface area (Å²) in [6, 6.07) is 6.17. The number of benzene rings is 1. The van der Waals surface area contributed by atoms with E-state index < -0.39 is 17.5 Å². The van der Waals surface area contributed by atoms with Gasteiger partial charge in [0.15, 0.2) is 5.54 Å². The molecule has 25 heavy (non-hydrogen) atoms. The van der Waals surface area contributed by atoms with Gasteiger partial charge in [0.05, 0.1) is 6.61 Å². The van der Waals surface area contributed by atoms with Crippen LogP contribution in [0, 0.1) is 0 Å². The number of nitrogens with two attached hydrogens (primary N) is 2. The molecule has 2 aliphatic heterocycles. The topological polar surface area (TPSA) is 131 Å². The molecule has 0 bridgehead atoms. The molecule has 5 N–H and O–H groups in total. The molecule has 0 saturated carbocycles. The summed E-state index contributed by atoms with van der Waals surface area (Å²) in [5.41, 5.74) is 11.0. The maximum Gasteiger partial charge on any atom is 0.316 e. The van der Waals surface area contributed by atoms with Crippen LogP contribution in [-0.4, -0.2) is 62.1 Å². The Hall–Kier alpha value is -2.65. The Kier molecular flexibility index (Phi) is 4.60. The lowest BCUT2D eigenvalue weighted by molar-refractivity contribution is -0.130. The Morgan fingerprint density at radius 3 is 2.48 bits per heavy atom. The minimum absolute atomic E-state index is 0.0480. The van der Waals surface area contributed by atoms with E-state index in [1.54, 1.807) is 29.2 Å². The number of piperazine rings is 1. The van der Waals surface area contributed by atoms with E-state index in [0.717, 1.165) is 0 Å². The van der Waals surface area contributed by atoms with Crippen LogP contribution in [0.1, 0.15) is 5.56 Å². The van der Waals surface area contributed by atoms with Gasteiger partial charge in [0.2, 0.25) is 5.91 Å². The van der Waals surface area contributed by atoms with Crippen LogP contribution in [0.5, 0.6) is 0 Å². The second-order valence-electron chi connectivity index (χ2n) is 6.04. The van der Waals surface area contributed by atoms with Gasteiger partial charge in [-0.25, -0.2) is 4.79 Å². The minimum Gasteiger partial charge on any atom is -0.370 e. The number of primary amides is 2. The number of nitrogens with zero attached hydrogens (tertiary/aromatic N) is 2. The first-order valence-electron chi connectivity index (χ1n) is 8.03. The van der Waals surface area contributed by atoms with Gasteiger partial charge >= 0.3 is 6.03 Å². The van der Waals surface area contributed by atoms with Crippen molar-refractivity contribution in [1.29, 1.82) is 0 Å². The third-order valence-corrected chi connectivity index (χ3v) is 4.67. The van der Waals surface area contributed by atoms with Crippen LogP contribution in [0.2, 0.25) is 0 Å². The first-order valence-corrected chi connectivity index (χ1v) is 8.03. The Bertz CT molecular complexity index is 692. The molecule has 4 amide bonds. The SMILES string of the molecule is NC(=O)N1CCNCC1(C(N)=O)c1ccc(N2CCOCC2=O)cc1. The molecule has 0 aromatic heterocycles. The Balaban J connectivity index is 1.96. The number of hydrogen-bond acceptors (Lipinski definition) is 5. The number of carbonyl (C=O) groups excluding carboxylic acids is 3. The van der Waals surface area contributed by atoms with Crippen molar-refractivity contribution in [2.24, 2.45) is 11.5 Å². The quantitative estimate of drug-likeness (QED) is 0.626. The summed E-state index contributed by atoms with van der Waals surface area (Å²) in [5.74, 6) is -0.782. The number of morpholine rings is 1. The number of anilines is 1. The third kappa shape index (κ3) is 2.92. The van der Waals surface area contributed by atoms with E-state index >= 15 is 0 Å². The molecule has 1 aromatic rings. The molecule has 2 heterocycles. The standard InChI is InChI=1S/C16H21N5O4/c17-14(23)16(10-19-5-6-21(16)15(18)24)11-1-3-12(4-2-11)20-7-8-25-9-13(20)22/h1-4,19H,5-10H2,(H2,17,23)(H2,18,24). The molecule has 3 rings (SSSR count). The van der Waals surface area contributed by atoms with Crippen LogP contribution in [0.15, 0.2) is 24.3 Å². The van der Waals surface area contributed by atoms with Crippen molar-refractivity contribution in [3.63, 3.8) is 0 Å². The van der Waals surface area contributed by atoms with Gasteiger partial charge < -0.3 is 31.3 Å². The fourth-order valence-corrected chi connectivity index (χ4v) is 3.37. The first-order chi connectivity index (χ1) is 12.0. The van der Waals surface area contributed by atoms with Crippen molar-refractivity contribution in [3.8, 4) is 0 Å². The van der Waals surface area contributed by atoms with Gasteiger partial charge in [0.1, 0.15) is 6.61 Å². The lowest BCUT2D eigenvalue weighted by Crippen LogP contribution is -2.67. The zero-order chi connectivity index (χ0) is 18.0. The van der Waals surface area contributed by atoms with E-state index in [4.69, 9.17) is 16.2 Å². The average Bonchev–Trinajstić information content (AvgIpc) is 2.62. The van der Waals surface area contributed by atoms with Crippen molar-refractivity contribution >= 4 is 23.5 Å². The zero-order valence-corrected chi connectivity index (χ0v) is 13.7. The number of nitrogens with one attached hydrogen (secondary N) is 1. The van der Waals surface area contributed by atoms with Gasteiger partial charge in [-0.05, 0) is 17.7 Å². The first kappa shape index (κ1) is 17.2. The van der Waals surface area contributed by atoms with Crippen LogP contribution in [0.25, 0.3) is 0 Å². The number of carbonyl (C=O) groups is 3. The van der Waals surface area contributed by atoms with Gasteiger partial charge in [-0.2, -0.15) is 0 Å². The Morgan fingerprint density at radius 1 is 1.16 bits per heavy atom. The Morgan fingerprint density at radius 2 is 1.88 bits per heavy atom. The van der Waals surface area contributed by atoms with E-state index in [0.29, 0.717) is 30.9 Å². The van der Waals surface area contributed by atoms with E-state index in [-0.39, 0.29) is 25.6 Å². The summed E-state index contributed by atoms with van der Waals surface area (Å²) >= 11 is 0. The van der Waals surface area contributed by atoms with Crippen molar-refractivity contribution in [2.75, 3.05) is 44.3 Å². The molecule has 0 spiro atoms. The van der Waals surface area contributed by atoms with E-state index in [9.17, 15) is 14.4 Å². The highest BCUT2D eigenvalue weighted by Crippen LogP contribution is 2.31. The molecule has 0 radical (unpaired) electrons. The molecule has 0 aliphatic carbocycles. The lowest BCUT2D eigenvalue weighted by Gasteiger charge is -2.44. The normalized spacial score (nSPS) is 24.2. The molecular formula is C16H21N5O4. The monoisotopic (exact) mass is 347 g/mol. The molecule has 9 heteroatoms. The Labute approximate surface area is 144 Å². The highest BCUT2D eigenvalue weighted by atomic mass is 16.5. The molecule has 1 unspecified atom stereocenters. The molecular weight excluding hydrogens is 326 g/mol. The number of hydrogen-bond donors (Lipinski definition) is 3. The molecule has 9 nitrogen and oxygen atoms in total. The summed E-state index contributed by atoms with van der Waals surface area (Å²) in [7, 11) is 0. The van der Waals surface area contributed by atoms with Crippen molar-refractivity contribution < 1.29 is 19.1 Å². The molecule has 134 valence electrons. The molecule has 1 aromatic carbocycles. The summed E-state index contributed by atoms with van der Waals surface area (Å²) in [6.07, 6.45) is 0. The smallest absolute Gasteiger partial charge is 0.316 e. The number of ether oxygens (including phenoxy) is 1. The molecule has 1 atom stereocenters. The average molecular weight is 347 g/mol.